The summed E-state index contributed by atoms with van der Waals surface area (Å²) >= 11 is 3.15. The molecule has 1 aliphatic heterocycles. The molecule has 2 rings (SSSR count). The number of amides is 1. The lowest BCUT2D eigenvalue weighted by molar-refractivity contribution is -0.134. The fraction of sp³-hybridized carbons (Fsp3) is 0.533. The molecule has 2 atom stereocenters. The molecule has 118 valence electrons. The van der Waals surface area contributed by atoms with E-state index < -0.39 is 0 Å². The van der Waals surface area contributed by atoms with Gasteiger partial charge in [0.25, 0.3) is 0 Å². The monoisotopic (exact) mass is 378 g/mol. The molecule has 1 saturated heterocycles. The molecular weight excluding hydrogens is 359 g/mol. The van der Waals surface area contributed by atoms with Gasteiger partial charge in [0.05, 0.1) is 10.9 Å². The highest BCUT2D eigenvalue weighted by atomic mass is 79.9. The summed E-state index contributed by atoms with van der Waals surface area (Å²) in [6.07, 6.45) is 2.29. The highest BCUT2D eigenvalue weighted by Gasteiger charge is 2.28. The van der Waals surface area contributed by atoms with Gasteiger partial charge in [-0.1, -0.05) is 13.0 Å². The number of carbonyl (C=O) groups is 1. The van der Waals surface area contributed by atoms with Crippen LogP contribution in [0.5, 0.6) is 0 Å². The number of rotatable bonds is 3. The number of hydrogen-bond acceptors (Lipinski definition) is 2. The molecule has 2 N–H and O–H groups in total. The largest absolute Gasteiger partial charge is 0.338 e. The number of halogens is 3. The van der Waals surface area contributed by atoms with E-state index >= 15 is 0 Å². The molecule has 0 saturated carbocycles. The number of likely N-dealkylation sites (tertiary alicyclic amines) is 1. The van der Waals surface area contributed by atoms with E-state index in [1.165, 1.54) is 6.07 Å². The van der Waals surface area contributed by atoms with Gasteiger partial charge in [-0.15, -0.1) is 12.4 Å². The van der Waals surface area contributed by atoms with Crippen molar-refractivity contribution in [1.82, 2.24) is 4.90 Å². The Kier molecular flexibility index (Phi) is 7.10. The van der Waals surface area contributed by atoms with E-state index in [2.05, 4.69) is 22.9 Å². The van der Waals surface area contributed by atoms with Gasteiger partial charge < -0.3 is 10.6 Å². The number of nitrogens with zero attached hydrogens (tertiary/aromatic N) is 1. The van der Waals surface area contributed by atoms with E-state index in [9.17, 15) is 9.18 Å². The minimum absolute atomic E-state index is 0. The Labute approximate surface area is 139 Å². The van der Waals surface area contributed by atoms with Crippen molar-refractivity contribution in [2.75, 3.05) is 13.1 Å². The zero-order chi connectivity index (χ0) is 14.7. The Bertz CT molecular complexity index is 501. The molecule has 0 radical (unpaired) electrons. The van der Waals surface area contributed by atoms with Crippen molar-refractivity contribution in [2.24, 2.45) is 11.7 Å². The number of hydrogen-bond donors (Lipinski definition) is 1. The molecule has 0 bridgehead atoms. The minimum atomic E-state index is -0.312. The third-order valence-corrected chi connectivity index (χ3v) is 4.52. The molecule has 6 heteroatoms. The maximum Gasteiger partial charge on any atom is 0.227 e. The van der Waals surface area contributed by atoms with Gasteiger partial charge in [0.2, 0.25) is 5.91 Å². The standard InChI is InChI=1S/C15H20BrFN2O.ClH/c1-10-4-5-19(12(6-10)9-18)15(20)8-11-2-3-14(17)13(16)7-11;/h2-3,7,10,12H,4-6,8-9,18H2,1H3;1H. The third kappa shape index (κ3) is 4.66. The average molecular weight is 380 g/mol. The van der Waals surface area contributed by atoms with Gasteiger partial charge in [0, 0.05) is 19.1 Å². The lowest BCUT2D eigenvalue weighted by Crippen LogP contribution is -2.49. The molecule has 2 unspecified atom stereocenters. The summed E-state index contributed by atoms with van der Waals surface area (Å²) in [6, 6.07) is 4.83. The topological polar surface area (TPSA) is 46.3 Å². The van der Waals surface area contributed by atoms with Crippen LogP contribution in [0.15, 0.2) is 22.7 Å². The second-order valence-electron chi connectivity index (χ2n) is 5.53. The highest BCUT2D eigenvalue weighted by Crippen LogP contribution is 2.23. The molecule has 1 amide bonds. The fourth-order valence-electron chi connectivity index (χ4n) is 2.73. The molecular formula is C15H21BrClFN2O. The maximum absolute atomic E-state index is 13.2. The number of nitrogens with two attached hydrogens (primary N) is 1. The molecule has 1 aromatic rings. The Morgan fingerprint density at radius 1 is 1.52 bits per heavy atom. The molecule has 1 fully saturated rings. The Morgan fingerprint density at radius 3 is 2.86 bits per heavy atom. The van der Waals surface area contributed by atoms with Crippen LogP contribution in [-0.4, -0.2) is 29.9 Å². The van der Waals surface area contributed by atoms with Crippen molar-refractivity contribution in [3.63, 3.8) is 0 Å². The second-order valence-corrected chi connectivity index (χ2v) is 6.39. The van der Waals surface area contributed by atoms with Crippen LogP contribution in [0.3, 0.4) is 0 Å². The molecule has 3 nitrogen and oxygen atoms in total. The summed E-state index contributed by atoms with van der Waals surface area (Å²) in [5.74, 6) is 0.381. The molecule has 21 heavy (non-hydrogen) atoms. The smallest absolute Gasteiger partial charge is 0.227 e. The van der Waals surface area contributed by atoms with Gasteiger partial charge in [-0.2, -0.15) is 0 Å². The van der Waals surface area contributed by atoms with Crippen LogP contribution in [0.2, 0.25) is 0 Å². The van der Waals surface area contributed by atoms with Crippen LogP contribution in [-0.2, 0) is 11.2 Å². The van der Waals surface area contributed by atoms with E-state index in [-0.39, 0.29) is 30.2 Å². The van der Waals surface area contributed by atoms with E-state index in [0.29, 0.717) is 23.4 Å². The summed E-state index contributed by atoms with van der Waals surface area (Å²) in [7, 11) is 0. The van der Waals surface area contributed by atoms with Crippen molar-refractivity contribution in [3.8, 4) is 0 Å². The number of piperidine rings is 1. The van der Waals surface area contributed by atoms with Crippen LogP contribution < -0.4 is 5.73 Å². The van der Waals surface area contributed by atoms with Crippen molar-refractivity contribution in [1.29, 1.82) is 0 Å². The van der Waals surface area contributed by atoms with Crippen molar-refractivity contribution < 1.29 is 9.18 Å². The first kappa shape index (κ1) is 18.4. The SMILES string of the molecule is CC1CCN(C(=O)Cc2ccc(F)c(Br)c2)C(CN)C1.Cl. The van der Waals surface area contributed by atoms with Gasteiger partial charge in [0.15, 0.2) is 0 Å². The average Bonchev–Trinajstić information content (AvgIpc) is 2.42. The molecule has 0 aliphatic carbocycles. The van der Waals surface area contributed by atoms with Crippen molar-refractivity contribution in [2.45, 2.75) is 32.2 Å². The first-order valence-electron chi connectivity index (χ1n) is 6.94. The third-order valence-electron chi connectivity index (χ3n) is 3.91. The molecule has 1 aromatic carbocycles. The van der Waals surface area contributed by atoms with Crippen LogP contribution in [0.4, 0.5) is 4.39 Å². The summed E-state index contributed by atoms with van der Waals surface area (Å²) in [5, 5.41) is 0. The van der Waals surface area contributed by atoms with Crippen LogP contribution in [0.1, 0.15) is 25.3 Å². The number of benzene rings is 1. The van der Waals surface area contributed by atoms with Gasteiger partial charge in [-0.05, 0) is 52.4 Å². The summed E-state index contributed by atoms with van der Waals surface area (Å²) in [4.78, 5) is 14.3. The Balaban J connectivity index is 0.00000220. The Hall–Kier alpha value is -0.650. The molecule has 1 aliphatic rings. The molecule has 1 heterocycles. The zero-order valence-electron chi connectivity index (χ0n) is 12.0. The van der Waals surface area contributed by atoms with Gasteiger partial charge in [0.1, 0.15) is 5.82 Å². The van der Waals surface area contributed by atoms with E-state index in [1.54, 1.807) is 12.1 Å². The predicted octanol–water partition coefficient (Wildman–Crippen LogP) is 3.14. The fourth-order valence-corrected chi connectivity index (χ4v) is 3.16. The summed E-state index contributed by atoms with van der Waals surface area (Å²) in [5.41, 5.74) is 6.60. The van der Waals surface area contributed by atoms with E-state index in [1.807, 2.05) is 4.90 Å². The summed E-state index contributed by atoms with van der Waals surface area (Å²) in [6.45, 7) is 3.47. The normalized spacial score (nSPS) is 21.8. The first-order chi connectivity index (χ1) is 9.51. The Morgan fingerprint density at radius 2 is 2.24 bits per heavy atom. The van der Waals surface area contributed by atoms with Gasteiger partial charge in [-0.3, -0.25) is 4.79 Å². The number of carbonyl (C=O) groups excluding carboxylic acids is 1. The highest BCUT2D eigenvalue weighted by molar-refractivity contribution is 9.10. The van der Waals surface area contributed by atoms with E-state index in [4.69, 9.17) is 5.73 Å². The molecule has 0 spiro atoms. The lowest BCUT2D eigenvalue weighted by atomic mass is 9.92. The predicted molar refractivity (Wildman–Crippen MR) is 88.0 cm³/mol. The maximum atomic E-state index is 13.2. The quantitative estimate of drug-likeness (QED) is 0.877. The van der Waals surface area contributed by atoms with Crippen LogP contribution in [0, 0.1) is 11.7 Å². The zero-order valence-corrected chi connectivity index (χ0v) is 14.4. The van der Waals surface area contributed by atoms with Crippen molar-refractivity contribution in [3.05, 3.63) is 34.1 Å². The van der Waals surface area contributed by atoms with Gasteiger partial charge >= 0.3 is 0 Å². The summed E-state index contributed by atoms with van der Waals surface area (Å²) < 4.78 is 13.6. The van der Waals surface area contributed by atoms with Gasteiger partial charge in [-0.25, -0.2) is 4.39 Å². The second kappa shape index (κ2) is 8.11. The molecule has 0 aromatic heterocycles. The van der Waals surface area contributed by atoms with Crippen LogP contribution >= 0.6 is 28.3 Å². The first-order valence-corrected chi connectivity index (χ1v) is 7.74. The lowest BCUT2D eigenvalue weighted by Gasteiger charge is -2.38. The van der Waals surface area contributed by atoms with Crippen LogP contribution in [0.25, 0.3) is 0 Å². The minimum Gasteiger partial charge on any atom is -0.338 e. The van der Waals surface area contributed by atoms with Crippen molar-refractivity contribution >= 4 is 34.2 Å². The van der Waals surface area contributed by atoms with E-state index in [0.717, 1.165) is 24.9 Å².